The molecule has 100 valence electrons. The number of nitrogen functional groups attached to an aromatic ring is 1. The third-order valence-electron chi connectivity index (χ3n) is 3.85. The minimum absolute atomic E-state index is 0.562. The monoisotopic (exact) mass is 248 g/mol. The second-order valence-electron chi connectivity index (χ2n) is 5.58. The number of nitrogens with one attached hydrogen (secondary N) is 1. The van der Waals surface area contributed by atoms with Crippen molar-refractivity contribution in [2.75, 3.05) is 17.6 Å². The largest absolute Gasteiger partial charge is 0.397 e. The molecule has 2 rings (SSSR count). The quantitative estimate of drug-likeness (QED) is 0.569. The molecule has 1 aromatic carbocycles. The van der Waals surface area contributed by atoms with Crippen LogP contribution in [0.2, 0.25) is 0 Å². The van der Waals surface area contributed by atoms with Crippen molar-refractivity contribution in [1.82, 2.24) is 0 Å². The van der Waals surface area contributed by atoms with Crippen molar-refractivity contribution in [3.05, 3.63) is 23.8 Å². The second-order valence-corrected chi connectivity index (χ2v) is 5.58. The van der Waals surface area contributed by atoms with E-state index in [-0.39, 0.29) is 0 Å². The van der Waals surface area contributed by atoms with Crippen molar-refractivity contribution >= 4 is 11.4 Å². The molecule has 1 aliphatic carbocycles. The number of aryl methyl sites for hydroxylation is 1. The molecule has 0 unspecified atom stereocenters. The highest BCUT2D eigenvalue weighted by molar-refractivity contribution is 5.66. The van der Waals surface area contributed by atoms with Gasteiger partial charge in [-0.2, -0.15) is 0 Å². The van der Waals surface area contributed by atoms with Gasteiger partial charge in [0.25, 0.3) is 0 Å². The summed E-state index contributed by atoms with van der Waals surface area (Å²) in [6, 6.07) is 5.99. The minimum atomic E-state index is -0.562. The molecular weight excluding hydrogens is 224 g/mol. The third kappa shape index (κ3) is 3.39. The van der Waals surface area contributed by atoms with E-state index in [0.717, 1.165) is 42.6 Å². The molecule has 0 atom stereocenters. The highest BCUT2D eigenvalue weighted by Gasteiger charge is 2.27. The molecule has 0 amide bonds. The first-order valence-corrected chi connectivity index (χ1v) is 6.91. The summed E-state index contributed by atoms with van der Waals surface area (Å²) in [6.45, 7) is 2.62. The molecule has 3 nitrogen and oxygen atoms in total. The number of nitrogens with two attached hydrogens (primary N) is 1. The van der Waals surface area contributed by atoms with Gasteiger partial charge >= 0.3 is 0 Å². The highest BCUT2D eigenvalue weighted by Crippen LogP contribution is 2.28. The third-order valence-corrected chi connectivity index (χ3v) is 3.85. The minimum Gasteiger partial charge on any atom is -0.397 e. The van der Waals surface area contributed by atoms with Crippen LogP contribution in [0.15, 0.2) is 18.2 Å². The van der Waals surface area contributed by atoms with Gasteiger partial charge in [-0.3, -0.25) is 0 Å². The van der Waals surface area contributed by atoms with Crippen LogP contribution in [-0.2, 0) is 0 Å². The molecule has 0 aliphatic heterocycles. The average molecular weight is 248 g/mol. The van der Waals surface area contributed by atoms with Crippen molar-refractivity contribution in [2.45, 2.75) is 51.0 Å². The van der Waals surface area contributed by atoms with E-state index >= 15 is 0 Å². The SMILES string of the molecule is Cc1ccc(NCC2(O)CCCCCC2)c(N)c1. The summed E-state index contributed by atoms with van der Waals surface area (Å²) < 4.78 is 0. The van der Waals surface area contributed by atoms with Crippen LogP contribution in [0.5, 0.6) is 0 Å². The molecule has 4 N–H and O–H groups in total. The molecule has 0 saturated heterocycles. The van der Waals surface area contributed by atoms with Crippen molar-refractivity contribution in [3.63, 3.8) is 0 Å². The summed E-state index contributed by atoms with van der Waals surface area (Å²) in [4.78, 5) is 0. The van der Waals surface area contributed by atoms with Gasteiger partial charge in [0.05, 0.1) is 17.0 Å². The van der Waals surface area contributed by atoms with Gasteiger partial charge in [0, 0.05) is 6.54 Å². The van der Waals surface area contributed by atoms with E-state index in [1.807, 2.05) is 25.1 Å². The topological polar surface area (TPSA) is 58.3 Å². The van der Waals surface area contributed by atoms with Crippen LogP contribution in [0, 0.1) is 6.92 Å². The Balaban J connectivity index is 1.97. The normalized spacial score (nSPS) is 19.2. The second kappa shape index (κ2) is 5.61. The van der Waals surface area contributed by atoms with Crippen LogP contribution in [-0.4, -0.2) is 17.3 Å². The molecular formula is C15H24N2O. The Labute approximate surface area is 109 Å². The number of rotatable bonds is 3. The van der Waals surface area contributed by atoms with E-state index < -0.39 is 5.60 Å². The van der Waals surface area contributed by atoms with Gasteiger partial charge in [0.1, 0.15) is 0 Å². The van der Waals surface area contributed by atoms with Gasteiger partial charge in [-0.1, -0.05) is 31.7 Å². The van der Waals surface area contributed by atoms with Crippen LogP contribution < -0.4 is 11.1 Å². The summed E-state index contributed by atoms with van der Waals surface area (Å²) >= 11 is 0. The summed E-state index contributed by atoms with van der Waals surface area (Å²) in [5.74, 6) is 0. The van der Waals surface area contributed by atoms with E-state index in [9.17, 15) is 5.11 Å². The maximum Gasteiger partial charge on any atom is 0.0819 e. The fraction of sp³-hybridized carbons (Fsp3) is 0.600. The molecule has 0 spiro atoms. The number of hydrogen-bond donors (Lipinski definition) is 3. The Hall–Kier alpha value is -1.22. The van der Waals surface area contributed by atoms with Crippen LogP contribution in [0.1, 0.15) is 44.1 Å². The van der Waals surface area contributed by atoms with E-state index in [1.54, 1.807) is 0 Å². The average Bonchev–Trinajstić information content (AvgIpc) is 2.54. The Kier molecular flexibility index (Phi) is 4.12. The standard InChI is InChI=1S/C15H24N2O/c1-12-6-7-14(13(16)10-12)17-11-15(18)8-4-2-3-5-9-15/h6-7,10,17-18H,2-5,8-9,11,16H2,1H3. The molecule has 1 saturated carbocycles. The fourth-order valence-corrected chi connectivity index (χ4v) is 2.67. The highest BCUT2D eigenvalue weighted by atomic mass is 16.3. The lowest BCUT2D eigenvalue weighted by Crippen LogP contribution is -2.36. The smallest absolute Gasteiger partial charge is 0.0819 e. The van der Waals surface area contributed by atoms with Crippen molar-refractivity contribution in [3.8, 4) is 0 Å². The zero-order chi connectivity index (χ0) is 13.0. The number of benzene rings is 1. The Morgan fingerprint density at radius 2 is 1.89 bits per heavy atom. The van der Waals surface area contributed by atoms with Gasteiger partial charge < -0.3 is 16.2 Å². The lowest BCUT2D eigenvalue weighted by Gasteiger charge is -2.27. The van der Waals surface area contributed by atoms with Crippen LogP contribution in [0.4, 0.5) is 11.4 Å². The lowest BCUT2D eigenvalue weighted by atomic mass is 9.94. The molecule has 0 bridgehead atoms. The van der Waals surface area contributed by atoms with Gasteiger partial charge in [0.15, 0.2) is 0 Å². The van der Waals surface area contributed by atoms with Gasteiger partial charge in [0.2, 0.25) is 0 Å². The Morgan fingerprint density at radius 1 is 1.22 bits per heavy atom. The molecule has 0 aromatic heterocycles. The van der Waals surface area contributed by atoms with Crippen molar-refractivity contribution in [1.29, 1.82) is 0 Å². The zero-order valence-electron chi connectivity index (χ0n) is 11.2. The summed E-state index contributed by atoms with van der Waals surface area (Å²) in [5, 5.41) is 13.9. The maximum atomic E-state index is 10.6. The molecule has 18 heavy (non-hydrogen) atoms. The maximum absolute atomic E-state index is 10.6. The zero-order valence-corrected chi connectivity index (χ0v) is 11.2. The van der Waals surface area contributed by atoms with Crippen LogP contribution in [0.25, 0.3) is 0 Å². The summed E-state index contributed by atoms with van der Waals surface area (Å²) in [5.41, 5.74) is 8.25. The molecule has 0 heterocycles. The molecule has 3 heteroatoms. The van der Waals surface area contributed by atoms with E-state index in [1.165, 1.54) is 12.8 Å². The Bertz CT molecular complexity index is 395. The predicted molar refractivity (Wildman–Crippen MR) is 76.7 cm³/mol. The molecule has 1 fully saturated rings. The first-order chi connectivity index (χ1) is 8.59. The summed E-state index contributed by atoms with van der Waals surface area (Å²) in [6.07, 6.45) is 6.53. The van der Waals surface area contributed by atoms with Gasteiger partial charge in [-0.25, -0.2) is 0 Å². The van der Waals surface area contributed by atoms with Crippen LogP contribution >= 0.6 is 0 Å². The van der Waals surface area contributed by atoms with Crippen LogP contribution in [0.3, 0.4) is 0 Å². The van der Waals surface area contributed by atoms with E-state index in [4.69, 9.17) is 5.73 Å². The molecule has 0 radical (unpaired) electrons. The molecule has 1 aliphatic rings. The lowest BCUT2D eigenvalue weighted by molar-refractivity contribution is 0.0381. The predicted octanol–water partition coefficient (Wildman–Crippen LogP) is 3.07. The van der Waals surface area contributed by atoms with Crippen molar-refractivity contribution in [2.24, 2.45) is 0 Å². The number of aliphatic hydroxyl groups is 1. The first-order valence-electron chi connectivity index (χ1n) is 6.91. The number of anilines is 2. The van der Waals surface area contributed by atoms with E-state index in [2.05, 4.69) is 5.32 Å². The summed E-state index contributed by atoms with van der Waals surface area (Å²) in [7, 11) is 0. The van der Waals surface area contributed by atoms with Crippen molar-refractivity contribution < 1.29 is 5.11 Å². The van der Waals surface area contributed by atoms with Gasteiger partial charge in [-0.05, 0) is 37.5 Å². The Morgan fingerprint density at radius 3 is 2.50 bits per heavy atom. The molecule has 1 aromatic rings. The first kappa shape index (κ1) is 13.2. The number of hydrogen-bond acceptors (Lipinski definition) is 3. The van der Waals surface area contributed by atoms with Gasteiger partial charge in [-0.15, -0.1) is 0 Å². The van der Waals surface area contributed by atoms with E-state index in [0.29, 0.717) is 6.54 Å². The fourth-order valence-electron chi connectivity index (χ4n) is 2.67.